The number of benzene rings is 1. The largest absolute Gasteiger partial charge is 0.379 e. The predicted molar refractivity (Wildman–Crippen MR) is 73.9 cm³/mol. The van der Waals surface area contributed by atoms with Crippen LogP contribution >= 0.6 is 0 Å². The van der Waals surface area contributed by atoms with Gasteiger partial charge in [-0.2, -0.15) is 0 Å². The molecule has 0 radical (unpaired) electrons. The SMILES string of the molecule is CCCc1ccc(C2(C3CCNC3)COC2)cc1. The highest BCUT2D eigenvalue weighted by atomic mass is 16.5. The van der Waals surface area contributed by atoms with Gasteiger partial charge in [-0.05, 0) is 43.0 Å². The third-order valence-electron chi connectivity index (χ3n) is 4.63. The summed E-state index contributed by atoms with van der Waals surface area (Å²) in [7, 11) is 0. The standard InChI is InChI=1S/C16H23NO/c1-2-3-13-4-6-14(7-5-13)16(11-18-12-16)15-8-9-17-10-15/h4-7,15,17H,2-3,8-12H2,1H3. The summed E-state index contributed by atoms with van der Waals surface area (Å²) >= 11 is 0. The molecular weight excluding hydrogens is 222 g/mol. The Morgan fingerprint density at radius 3 is 2.56 bits per heavy atom. The Labute approximate surface area is 110 Å². The van der Waals surface area contributed by atoms with Gasteiger partial charge < -0.3 is 10.1 Å². The Kier molecular flexibility index (Phi) is 3.40. The van der Waals surface area contributed by atoms with Crippen LogP contribution in [0.3, 0.4) is 0 Å². The number of rotatable bonds is 4. The summed E-state index contributed by atoms with van der Waals surface area (Å²) in [5, 5.41) is 3.49. The molecule has 0 aliphatic carbocycles. The van der Waals surface area contributed by atoms with Crippen molar-refractivity contribution in [1.82, 2.24) is 5.32 Å². The van der Waals surface area contributed by atoms with E-state index >= 15 is 0 Å². The third kappa shape index (κ3) is 1.98. The number of hydrogen-bond donors (Lipinski definition) is 1. The van der Waals surface area contributed by atoms with E-state index in [4.69, 9.17) is 4.74 Å². The van der Waals surface area contributed by atoms with Gasteiger partial charge in [0.15, 0.2) is 0 Å². The van der Waals surface area contributed by atoms with Crippen LogP contribution in [0.2, 0.25) is 0 Å². The molecule has 18 heavy (non-hydrogen) atoms. The highest BCUT2D eigenvalue weighted by Gasteiger charge is 2.47. The van der Waals surface area contributed by atoms with Crippen molar-refractivity contribution in [2.45, 2.75) is 31.6 Å². The fourth-order valence-corrected chi connectivity index (χ4v) is 3.38. The van der Waals surface area contributed by atoms with Crippen LogP contribution in [0.4, 0.5) is 0 Å². The van der Waals surface area contributed by atoms with Gasteiger partial charge in [0.25, 0.3) is 0 Å². The van der Waals surface area contributed by atoms with Gasteiger partial charge in [0.2, 0.25) is 0 Å². The van der Waals surface area contributed by atoms with Gasteiger partial charge in [-0.25, -0.2) is 0 Å². The molecule has 1 aromatic rings. The highest BCUT2D eigenvalue weighted by molar-refractivity contribution is 5.33. The summed E-state index contributed by atoms with van der Waals surface area (Å²) in [4.78, 5) is 0. The molecule has 0 amide bonds. The van der Waals surface area contributed by atoms with Crippen LogP contribution in [0.1, 0.15) is 30.9 Å². The molecule has 0 saturated carbocycles. The fraction of sp³-hybridized carbons (Fsp3) is 0.625. The number of nitrogens with one attached hydrogen (secondary N) is 1. The second-order valence-electron chi connectivity index (χ2n) is 5.79. The zero-order chi connectivity index (χ0) is 12.4. The lowest BCUT2D eigenvalue weighted by molar-refractivity contribution is -0.0869. The first-order chi connectivity index (χ1) is 8.85. The van der Waals surface area contributed by atoms with Crippen molar-refractivity contribution < 1.29 is 4.74 Å². The Balaban J connectivity index is 1.82. The van der Waals surface area contributed by atoms with Crippen molar-refractivity contribution in [3.05, 3.63) is 35.4 Å². The van der Waals surface area contributed by atoms with E-state index in [1.54, 1.807) is 0 Å². The summed E-state index contributed by atoms with van der Waals surface area (Å²) in [6.45, 7) is 6.37. The summed E-state index contributed by atoms with van der Waals surface area (Å²) in [6.07, 6.45) is 3.70. The van der Waals surface area contributed by atoms with Crippen LogP contribution in [0.5, 0.6) is 0 Å². The van der Waals surface area contributed by atoms with Crippen LogP contribution in [-0.2, 0) is 16.6 Å². The molecule has 1 N–H and O–H groups in total. The average molecular weight is 245 g/mol. The number of aryl methyl sites for hydroxylation is 1. The molecule has 1 aromatic carbocycles. The normalized spacial score (nSPS) is 25.9. The lowest BCUT2D eigenvalue weighted by Gasteiger charge is -2.46. The molecule has 2 nitrogen and oxygen atoms in total. The molecule has 1 atom stereocenters. The first-order valence-electron chi connectivity index (χ1n) is 7.23. The van der Waals surface area contributed by atoms with Crippen LogP contribution in [0.15, 0.2) is 24.3 Å². The predicted octanol–water partition coefficient (Wildman–Crippen LogP) is 2.52. The maximum absolute atomic E-state index is 5.56. The lowest BCUT2D eigenvalue weighted by atomic mass is 9.68. The molecule has 0 bridgehead atoms. The quantitative estimate of drug-likeness (QED) is 0.880. The van der Waals surface area contributed by atoms with Crippen LogP contribution in [-0.4, -0.2) is 26.3 Å². The van der Waals surface area contributed by atoms with Crippen molar-refractivity contribution in [2.24, 2.45) is 5.92 Å². The lowest BCUT2D eigenvalue weighted by Crippen LogP contribution is -2.53. The molecule has 0 aromatic heterocycles. The molecule has 2 heterocycles. The van der Waals surface area contributed by atoms with Crippen molar-refractivity contribution in [3.8, 4) is 0 Å². The van der Waals surface area contributed by atoms with Crippen molar-refractivity contribution in [3.63, 3.8) is 0 Å². The minimum Gasteiger partial charge on any atom is -0.379 e. The minimum atomic E-state index is 0.300. The van der Waals surface area contributed by atoms with Gasteiger partial charge in [-0.15, -0.1) is 0 Å². The molecule has 2 aliphatic heterocycles. The zero-order valence-electron chi connectivity index (χ0n) is 11.2. The molecule has 2 fully saturated rings. The Bertz CT molecular complexity index is 388. The van der Waals surface area contributed by atoms with Gasteiger partial charge in [-0.3, -0.25) is 0 Å². The first-order valence-corrected chi connectivity index (χ1v) is 7.23. The molecule has 2 saturated heterocycles. The van der Waals surface area contributed by atoms with Crippen molar-refractivity contribution in [2.75, 3.05) is 26.3 Å². The molecular formula is C16H23NO. The van der Waals surface area contributed by atoms with E-state index in [2.05, 4.69) is 36.5 Å². The molecule has 2 heteroatoms. The van der Waals surface area contributed by atoms with Crippen molar-refractivity contribution >= 4 is 0 Å². The van der Waals surface area contributed by atoms with Crippen LogP contribution in [0, 0.1) is 5.92 Å². The second-order valence-corrected chi connectivity index (χ2v) is 5.79. The molecule has 0 spiro atoms. The smallest absolute Gasteiger partial charge is 0.0588 e. The topological polar surface area (TPSA) is 21.3 Å². The third-order valence-corrected chi connectivity index (χ3v) is 4.63. The van der Waals surface area contributed by atoms with E-state index in [0.29, 0.717) is 5.41 Å². The molecule has 2 aliphatic rings. The average Bonchev–Trinajstić information content (AvgIpc) is 2.84. The molecule has 3 rings (SSSR count). The zero-order valence-corrected chi connectivity index (χ0v) is 11.2. The molecule has 98 valence electrons. The van der Waals surface area contributed by atoms with Gasteiger partial charge in [0.1, 0.15) is 0 Å². The van der Waals surface area contributed by atoms with Crippen LogP contribution in [0.25, 0.3) is 0 Å². The number of hydrogen-bond acceptors (Lipinski definition) is 2. The van der Waals surface area contributed by atoms with Gasteiger partial charge >= 0.3 is 0 Å². The van der Waals surface area contributed by atoms with E-state index in [-0.39, 0.29) is 0 Å². The van der Waals surface area contributed by atoms with E-state index in [9.17, 15) is 0 Å². The fourth-order valence-electron chi connectivity index (χ4n) is 3.38. The Hall–Kier alpha value is -0.860. The highest BCUT2D eigenvalue weighted by Crippen LogP contribution is 2.42. The number of ether oxygens (including phenoxy) is 1. The summed E-state index contributed by atoms with van der Waals surface area (Å²) in [5.74, 6) is 0.753. The first kappa shape index (κ1) is 12.2. The maximum atomic E-state index is 5.56. The van der Waals surface area contributed by atoms with Gasteiger partial charge in [-0.1, -0.05) is 37.6 Å². The van der Waals surface area contributed by atoms with E-state index in [1.807, 2.05) is 0 Å². The van der Waals surface area contributed by atoms with Crippen LogP contribution < -0.4 is 5.32 Å². The van der Waals surface area contributed by atoms with E-state index in [0.717, 1.165) is 25.7 Å². The summed E-state index contributed by atoms with van der Waals surface area (Å²) < 4.78 is 5.56. The van der Waals surface area contributed by atoms with Gasteiger partial charge in [0, 0.05) is 5.41 Å². The molecule has 1 unspecified atom stereocenters. The monoisotopic (exact) mass is 245 g/mol. The summed E-state index contributed by atoms with van der Waals surface area (Å²) in [6, 6.07) is 9.29. The van der Waals surface area contributed by atoms with Gasteiger partial charge in [0.05, 0.1) is 13.2 Å². The second kappa shape index (κ2) is 5.02. The minimum absolute atomic E-state index is 0.300. The Morgan fingerprint density at radius 1 is 1.28 bits per heavy atom. The van der Waals surface area contributed by atoms with E-state index in [1.165, 1.54) is 36.9 Å². The van der Waals surface area contributed by atoms with E-state index < -0.39 is 0 Å². The maximum Gasteiger partial charge on any atom is 0.0588 e. The van der Waals surface area contributed by atoms with Crippen molar-refractivity contribution in [1.29, 1.82) is 0 Å². The summed E-state index contributed by atoms with van der Waals surface area (Å²) in [5.41, 5.74) is 3.25. The Morgan fingerprint density at radius 2 is 2.06 bits per heavy atom.